The molecule has 0 saturated carbocycles. The Balaban J connectivity index is 1.94. The first-order chi connectivity index (χ1) is 10.1. The Hall–Kier alpha value is -1.59. The van der Waals surface area contributed by atoms with Crippen LogP contribution in [0.3, 0.4) is 0 Å². The number of amides is 1. The minimum atomic E-state index is -0.187. The maximum Gasteiger partial charge on any atom is 0.241 e. The molecule has 1 amide bonds. The summed E-state index contributed by atoms with van der Waals surface area (Å²) in [5.74, 6) is -0.0231. The van der Waals surface area contributed by atoms with Crippen LogP contribution in [0.2, 0.25) is 0 Å². The quantitative estimate of drug-likeness (QED) is 0.815. The predicted octanol–water partition coefficient (Wildman–Crippen LogP) is 2.10. The molecule has 2 atom stereocenters. The zero-order chi connectivity index (χ0) is 15.2. The highest BCUT2D eigenvalue weighted by Crippen LogP contribution is 2.19. The average molecular weight is 291 g/mol. The van der Waals surface area contributed by atoms with Crippen molar-refractivity contribution >= 4 is 17.3 Å². The molecule has 1 saturated heterocycles. The van der Waals surface area contributed by atoms with Crippen molar-refractivity contribution < 1.29 is 9.53 Å². The molecule has 2 unspecified atom stereocenters. The van der Waals surface area contributed by atoms with Crippen LogP contribution in [0.25, 0.3) is 0 Å². The highest BCUT2D eigenvalue weighted by molar-refractivity contribution is 5.97. The van der Waals surface area contributed by atoms with E-state index in [2.05, 4.69) is 10.2 Å². The van der Waals surface area contributed by atoms with Crippen molar-refractivity contribution in [3.05, 3.63) is 24.3 Å². The molecular formula is C16H25N3O2. The van der Waals surface area contributed by atoms with Gasteiger partial charge in [-0.2, -0.15) is 0 Å². The molecule has 0 aromatic heterocycles. The lowest BCUT2D eigenvalue weighted by Gasteiger charge is -2.35. The molecule has 0 bridgehead atoms. The van der Waals surface area contributed by atoms with Gasteiger partial charge < -0.3 is 15.8 Å². The number of benzene rings is 1. The zero-order valence-corrected chi connectivity index (χ0v) is 12.8. The van der Waals surface area contributed by atoms with E-state index in [0.717, 1.165) is 32.5 Å². The van der Waals surface area contributed by atoms with Crippen molar-refractivity contribution in [2.24, 2.45) is 0 Å². The molecule has 21 heavy (non-hydrogen) atoms. The van der Waals surface area contributed by atoms with Crippen LogP contribution in [0.1, 0.15) is 26.7 Å². The van der Waals surface area contributed by atoms with Gasteiger partial charge in [0.15, 0.2) is 0 Å². The van der Waals surface area contributed by atoms with E-state index in [1.54, 1.807) is 6.07 Å². The first-order valence-corrected chi connectivity index (χ1v) is 7.62. The van der Waals surface area contributed by atoms with Gasteiger partial charge in [-0.15, -0.1) is 0 Å². The van der Waals surface area contributed by atoms with Crippen LogP contribution in [-0.4, -0.2) is 42.6 Å². The fraction of sp³-hybridized carbons (Fsp3) is 0.562. The molecule has 1 aromatic rings. The van der Waals surface area contributed by atoms with Crippen molar-refractivity contribution in [2.45, 2.75) is 38.8 Å². The van der Waals surface area contributed by atoms with Crippen molar-refractivity contribution in [3.63, 3.8) is 0 Å². The number of piperidine rings is 1. The van der Waals surface area contributed by atoms with Crippen LogP contribution >= 0.6 is 0 Å². The smallest absolute Gasteiger partial charge is 0.241 e. The molecule has 3 N–H and O–H groups in total. The second-order valence-electron chi connectivity index (χ2n) is 5.47. The largest absolute Gasteiger partial charge is 0.397 e. The molecule has 1 aliphatic rings. The first kappa shape index (κ1) is 15.8. The molecule has 1 heterocycles. The highest BCUT2D eigenvalue weighted by atomic mass is 16.5. The van der Waals surface area contributed by atoms with Gasteiger partial charge in [-0.25, -0.2) is 0 Å². The maximum absolute atomic E-state index is 12.4. The van der Waals surface area contributed by atoms with E-state index >= 15 is 0 Å². The molecule has 0 aliphatic carbocycles. The number of hydrogen-bond donors (Lipinski definition) is 2. The van der Waals surface area contributed by atoms with Crippen LogP contribution in [0.15, 0.2) is 24.3 Å². The van der Waals surface area contributed by atoms with Gasteiger partial charge in [-0.3, -0.25) is 9.69 Å². The number of para-hydroxylation sites is 2. The van der Waals surface area contributed by atoms with E-state index < -0.39 is 0 Å². The number of hydrogen-bond acceptors (Lipinski definition) is 4. The van der Waals surface area contributed by atoms with E-state index in [4.69, 9.17) is 10.5 Å². The summed E-state index contributed by atoms with van der Waals surface area (Å²) in [4.78, 5) is 14.6. The summed E-state index contributed by atoms with van der Waals surface area (Å²) in [5, 5.41) is 2.91. The van der Waals surface area contributed by atoms with Gasteiger partial charge in [0.25, 0.3) is 0 Å². The third-order valence-corrected chi connectivity index (χ3v) is 3.96. The van der Waals surface area contributed by atoms with E-state index in [1.165, 1.54) is 0 Å². The molecular weight excluding hydrogens is 266 g/mol. The van der Waals surface area contributed by atoms with Crippen molar-refractivity contribution in [2.75, 3.05) is 30.7 Å². The van der Waals surface area contributed by atoms with Crippen LogP contribution in [0.4, 0.5) is 11.4 Å². The van der Waals surface area contributed by atoms with Crippen LogP contribution in [0.5, 0.6) is 0 Å². The number of nitrogen functional groups attached to an aromatic ring is 1. The number of ether oxygens (including phenoxy) is 1. The molecule has 1 fully saturated rings. The lowest BCUT2D eigenvalue weighted by Crippen LogP contribution is -2.49. The maximum atomic E-state index is 12.4. The second-order valence-corrected chi connectivity index (χ2v) is 5.47. The van der Waals surface area contributed by atoms with Crippen molar-refractivity contribution in [1.82, 2.24) is 4.90 Å². The molecule has 5 heteroatoms. The summed E-state index contributed by atoms with van der Waals surface area (Å²) in [6, 6.07) is 7.13. The lowest BCUT2D eigenvalue weighted by atomic mass is 10.1. The summed E-state index contributed by atoms with van der Waals surface area (Å²) >= 11 is 0. The summed E-state index contributed by atoms with van der Waals surface area (Å²) in [6.07, 6.45) is 2.38. The standard InChI is InChI=1S/C16H25N3O2/c1-3-21-13-7-6-10-19(11-13)12(2)16(20)18-15-9-5-4-8-14(15)17/h4-5,8-9,12-13H,3,6-7,10-11,17H2,1-2H3,(H,18,20). The van der Waals surface area contributed by atoms with E-state index in [0.29, 0.717) is 11.4 Å². The van der Waals surface area contributed by atoms with Gasteiger partial charge in [0, 0.05) is 13.2 Å². The summed E-state index contributed by atoms with van der Waals surface area (Å²) in [5.41, 5.74) is 7.12. The molecule has 1 aromatic carbocycles. The predicted molar refractivity (Wildman–Crippen MR) is 85.2 cm³/mol. The minimum absolute atomic E-state index is 0.0231. The Labute approximate surface area is 126 Å². The number of nitrogens with zero attached hydrogens (tertiary/aromatic N) is 1. The Kier molecular flexibility index (Phi) is 5.59. The number of carbonyl (C=O) groups excluding carboxylic acids is 1. The molecule has 5 nitrogen and oxygen atoms in total. The number of carbonyl (C=O) groups is 1. The second kappa shape index (κ2) is 7.43. The molecule has 0 radical (unpaired) electrons. The van der Waals surface area contributed by atoms with Gasteiger partial charge >= 0.3 is 0 Å². The third kappa shape index (κ3) is 4.19. The Morgan fingerprint density at radius 3 is 3.00 bits per heavy atom. The summed E-state index contributed by atoms with van der Waals surface area (Å²) in [6.45, 7) is 6.41. The topological polar surface area (TPSA) is 67.6 Å². The van der Waals surface area contributed by atoms with E-state index in [-0.39, 0.29) is 18.1 Å². The lowest BCUT2D eigenvalue weighted by molar-refractivity contribution is -0.122. The van der Waals surface area contributed by atoms with Gasteiger partial charge in [0.05, 0.1) is 23.5 Å². The number of nitrogens with two attached hydrogens (primary N) is 1. The first-order valence-electron chi connectivity index (χ1n) is 7.62. The Morgan fingerprint density at radius 1 is 1.52 bits per heavy atom. The van der Waals surface area contributed by atoms with Gasteiger partial charge in [0.2, 0.25) is 5.91 Å². The zero-order valence-electron chi connectivity index (χ0n) is 12.8. The molecule has 0 spiro atoms. The number of anilines is 2. The van der Waals surface area contributed by atoms with E-state index in [1.807, 2.05) is 32.0 Å². The third-order valence-electron chi connectivity index (χ3n) is 3.96. The van der Waals surface area contributed by atoms with Crippen LogP contribution in [-0.2, 0) is 9.53 Å². The number of nitrogens with one attached hydrogen (secondary N) is 1. The molecule has 116 valence electrons. The molecule has 2 rings (SSSR count). The fourth-order valence-electron chi connectivity index (χ4n) is 2.70. The normalized spacial score (nSPS) is 21.0. The SMILES string of the molecule is CCOC1CCCN(C(C)C(=O)Nc2ccccc2N)C1. The summed E-state index contributed by atoms with van der Waals surface area (Å²) in [7, 11) is 0. The summed E-state index contributed by atoms with van der Waals surface area (Å²) < 4.78 is 5.69. The fourth-order valence-corrected chi connectivity index (χ4v) is 2.70. The van der Waals surface area contributed by atoms with Gasteiger partial charge in [-0.1, -0.05) is 12.1 Å². The van der Waals surface area contributed by atoms with Gasteiger partial charge in [-0.05, 0) is 45.4 Å². The van der Waals surface area contributed by atoms with Gasteiger partial charge in [0.1, 0.15) is 0 Å². The highest BCUT2D eigenvalue weighted by Gasteiger charge is 2.27. The average Bonchev–Trinajstić information content (AvgIpc) is 2.49. The number of likely N-dealkylation sites (tertiary alicyclic amines) is 1. The van der Waals surface area contributed by atoms with Crippen molar-refractivity contribution in [3.8, 4) is 0 Å². The Bertz CT molecular complexity index is 476. The monoisotopic (exact) mass is 291 g/mol. The molecule has 1 aliphatic heterocycles. The van der Waals surface area contributed by atoms with Crippen LogP contribution in [0, 0.1) is 0 Å². The van der Waals surface area contributed by atoms with Crippen molar-refractivity contribution in [1.29, 1.82) is 0 Å². The Morgan fingerprint density at radius 2 is 2.29 bits per heavy atom. The number of rotatable bonds is 5. The minimum Gasteiger partial charge on any atom is -0.397 e. The van der Waals surface area contributed by atoms with E-state index in [9.17, 15) is 4.79 Å². The van der Waals surface area contributed by atoms with Crippen LogP contribution < -0.4 is 11.1 Å².